The van der Waals surface area contributed by atoms with Gasteiger partial charge >= 0.3 is 72.4 Å². The number of benzene rings is 1. The molecule has 1 aromatic heterocycles. The molecule has 4 aliphatic heterocycles. The molecule has 42 nitrogen and oxygen atoms in total. The lowest BCUT2D eigenvalue weighted by Crippen LogP contribution is -2.69. The molecule has 642 valence electrons. The first kappa shape index (κ1) is 92.1. The number of amides is 6. The maximum atomic E-state index is 14.7. The molecular weight excluding hydrogens is 1530 g/mol. The minimum absolute atomic E-state index is 0.0852. The molecule has 1 saturated carbocycles. The summed E-state index contributed by atoms with van der Waals surface area (Å²) < 4.78 is 112. The number of non-ortho nitro benzene ring substituents is 1. The van der Waals surface area contributed by atoms with E-state index in [4.69, 9.17) is 85.3 Å². The van der Waals surface area contributed by atoms with Gasteiger partial charge < -0.3 is 112 Å². The van der Waals surface area contributed by atoms with Crippen LogP contribution in [0.1, 0.15) is 188 Å². The molecule has 5 aliphatic rings. The number of nitrogens with one attached hydrogen (secondary N) is 5. The van der Waals surface area contributed by atoms with Gasteiger partial charge in [-0.2, -0.15) is 0 Å². The van der Waals surface area contributed by atoms with Gasteiger partial charge in [0, 0.05) is 46.8 Å². The predicted molar refractivity (Wildman–Crippen MR) is 389 cm³/mol. The molecule has 115 heavy (non-hydrogen) atoms. The SMILES string of the molecule is CC(=O)OC[C@H]1O[C@@H](O[C@H]2[C@H](O[C@H]3O[C@H](CNC(=O)OC(C)(C)C)[C@@H](OC(C)=O)[C@H](OC(C)=O)[C@H]3NC(=O)OC(C)(C)C)[C@@H](NC(=O)OC(C)(C)C)C[C@@H]3[C@H]2N3C(=O)OC(C)(C)C)[C@H](OC(C)=O)[C@@H]1O[C@H]1O[C@@H](CNC(=O)OC(C)(C)C)[C@@H](OC(C)=O)[C@H](n2cc(COC(=O)c3ccc([N+](=O)[O-])cc3)nn2)[C@H]1NC(=O)OC(C)(C)C. The van der Waals surface area contributed by atoms with E-state index in [1.54, 1.807) is 83.1 Å². The van der Waals surface area contributed by atoms with Crippen molar-refractivity contribution in [3.8, 4) is 0 Å². The number of hydrogen-bond acceptors (Lipinski definition) is 34. The summed E-state index contributed by atoms with van der Waals surface area (Å²) in [6, 6.07) is -4.41. The first-order valence-electron chi connectivity index (χ1n) is 37.0. The third kappa shape index (κ3) is 27.9. The van der Waals surface area contributed by atoms with Gasteiger partial charge in [0.1, 0.15) is 107 Å². The quantitative estimate of drug-likeness (QED) is 0.0271. The number of rotatable bonds is 24. The maximum absolute atomic E-state index is 14.7. The highest BCUT2D eigenvalue weighted by Gasteiger charge is 2.68. The Bertz CT molecular complexity index is 3830. The molecule has 1 aromatic carbocycles. The molecule has 0 spiro atoms. The highest BCUT2D eigenvalue weighted by molar-refractivity contribution is 5.89. The Labute approximate surface area is 663 Å². The number of alkyl carbamates (subject to hydrolysis) is 5. The summed E-state index contributed by atoms with van der Waals surface area (Å²) in [5, 5.41) is 33.2. The molecule has 6 amide bonds. The summed E-state index contributed by atoms with van der Waals surface area (Å²) >= 11 is 0. The first-order chi connectivity index (χ1) is 53.0. The van der Waals surface area contributed by atoms with E-state index in [1.165, 1.54) is 52.6 Å². The lowest BCUT2D eigenvalue weighted by molar-refractivity contribution is -0.384. The van der Waals surface area contributed by atoms with Crippen LogP contribution in [0.2, 0.25) is 0 Å². The number of nitro benzene ring substituents is 1. The summed E-state index contributed by atoms with van der Waals surface area (Å²) in [6.45, 7) is 30.7. The second kappa shape index (κ2) is 37.3. The Morgan fingerprint density at radius 3 is 1.38 bits per heavy atom. The number of carbonyl (C=O) groups is 12. The van der Waals surface area contributed by atoms with Crippen LogP contribution in [0, 0.1) is 10.1 Å². The van der Waals surface area contributed by atoms with E-state index >= 15 is 0 Å². The van der Waals surface area contributed by atoms with Crippen molar-refractivity contribution in [1.29, 1.82) is 0 Å². The minimum atomic E-state index is -2.05. The van der Waals surface area contributed by atoms with Gasteiger partial charge in [-0.3, -0.25) is 39.0 Å². The molecule has 2 aromatic rings. The van der Waals surface area contributed by atoms with Crippen molar-refractivity contribution in [3.63, 3.8) is 0 Å². The second-order valence-corrected chi connectivity index (χ2v) is 33.6. The van der Waals surface area contributed by atoms with Crippen molar-refractivity contribution in [2.24, 2.45) is 0 Å². The fourth-order valence-electron chi connectivity index (χ4n) is 12.7. The third-order valence-corrected chi connectivity index (χ3v) is 16.5. The molecule has 1 aliphatic carbocycles. The molecule has 0 radical (unpaired) electrons. The number of carbonyl (C=O) groups excluding carboxylic acids is 12. The van der Waals surface area contributed by atoms with Gasteiger partial charge in [0.15, 0.2) is 43.3 Å². The van der Waals surface area contributed by atoms with E-state index in [2.05, 4.69) is 36.9 Å². The van der Waals surface area contributed by atoms with Crippen LogP contribution >= 0.6 is 0 Å². The van der Waals surface area contributed by atoms with Gasteiger partial charge in [0.05, 0.1) is 47.9 Å². The van der Waals surface area contributed by atoms with Crippen LogP contribution in [-0.4, -0.2) is 261 Å². The number of ether oxygens (including phenoxy) is 18. The van der Waals surface area contributed by atoms with Gasteiger partial charge in [-0.15, -0.1) is 5.10 Å². The number of nitro groups is 1. The van der Waals surface area contributed by atoms with Crippen LogP contribution in [0.15, 0.2) is 30.5 Å². The summed E-state index contributed by atoms with van der Waals surface area (Å²) in [5.74, 6) is -5.83. The number of nitrogens with zero attached hydrogens (tertiary/aromatic N) is 5. The molecular formula is C73H108N10O32. The largest absolute Gasteiger partial charge is 0.463 e. The van der Waals surface area contributed by atoms with Crippen molar-refractivity contribution in [3.05, 3.63) is 51.8 Å². The van der Waals surface area contributed by atoms with Crippen LogP contribution in [0.3, 0.4) is 0 Å². The minimum Gasteiger partial charge on any atom is -0.463 e. The maximum Gasteiger partial charge on any atom is 0.411 e. The van der Waals surface area contributed by atoms with Crippen LogP contribution in [0.5, 0.6) is 0 Å². The lowest BCUT2D eigenvalue weighted by Gasteiger charge is -2.47. The molecule has 5 fully saturated rings. The van der Waals surface area contributed by atoms with Crippen molar-refractivity contribution in [2.75, 3.05) is 19.7 Å². The van der Waals surface area contributed by atoms with Gasteiger partial charge in [0.25, 0.3) is 5.69 Å². The van der Waals surface area contributed by atoms with E-state index in [1.807, 2.05) is 0 Å². The smallest absolute Gasteiger partial charge is 0.411 e. The van der Waals surface area contributed by atoms with E-state index in [-0.39, 0.29) is 23.4 Å². The highest BCUT2D eigenvalue weighted by atomic mass is 16.8. The molecule has 0 unspecified atom stereocenters. The van der Waals surface area contributed by atoms with E-state index < -0.39 is 253 Å². The van der Waals surface area contributed by atoms with Crippen molar-refractivity contribution in [1.82, 2.24) is 46.5 Å². The monoisotopic (exact) mass is 1640 g/mol. The average Bonchev–Trinajstić information content (AvgIpc) is 1.55. The Hall–Kier alpha value is -10.0. The van der Waals surface area contributed by atoms with Gasteiger partial charge in [0.2, 0.25) is 0 Å². The van der Waals surface area contributed by atoms with Gasteiger partial charge in [-0.05, 0) is 143 Å². The van der Waals surface area contributed by atoms with Crippen LogP contribution < -0.4 is 26.6 Å². The van der Waals surface area contributed by atoms with Gasteiger partial charge in [-0.1, -0.05) is 5.21 Å². The number of hydrogen-bond donors (Lipinski definition) is 5. The van der Waals surface area contributed by atoms with E-state index in [0.717, 1.165) is 63.6 Å². The Morgan fingerprint density at radius 1 is 0.470 bits per heavy atom. The summed E-state index contributed by atoms with van der Waals surface area (Å²) in [4.78, 5) is 178. The Balaban J connectivity index is 1.44. The van der Waals surface area contributed by atoms with Crippen LogP contribution in [0.4, 0.5) is 34.5 Å². The molecule has 5 N–H and O–H groups in total. The molecule has 5 heterocycles. The average molecular weight is 1640 g/mol. The first-order valence-corrected chi connectivity index (χ1v) is 37.0. The topological polar surface area (TPSA) is 508 Å². The van der Waals surface area contributed by atoms with Crippen molar-refractivity contribution in [2.45, 2.75) is 322 Å². The van der Waals surface area contributed by atoms with E-state index in [0.29, 0.717) is 0 Å². The second-order valence-electron chi connectivity index (χ2n) is 33.6. The molecule has 4 saturated heterocycles. The Kier molecular flexibility index (Phi) is 29.9. The number of fused-ring (bicyclic) bond motifs is 1. The van der Waals surface area contributed by atoms with Gasteiger partial charge in [-0.25, -0.2) is 38.2 Å². The lowest BCUT2D eigenvalue weighted by atomic mass is 9.89. The predicted octanol–water partition coefficient (Wildman–Crippen LogP) is 5.83. The number of likely N-dealkylation sites (tertiary alicyclic amines) is 1. The molecule has 7 rings (SSSR count). The van der Waals surface area contributed by atoms with Crippen molar-refractivity contribution < 1.29 is 148 Å². The summed E-state index contributed by atoms with van der Waals surface area (Å²) in [5.41, 5.74) is -7.44. The fraction of sp³-hybridized carbons (Fsp3) is 0.726. The summed E-state index contributed by atoms with van der Waals surface area (Å²) in [7, 11) is 0. The van der Waals surface area contributed by atoms with Crippen LogP contribution in [0.25, 0.3) is 0 Å². The normalized spacial score (nSPS) is 27.4. The van der Waals surface area contributed by atoms with Crippen LogP contribution in [-0.2, 0) is 116 Å². The zero-order valence-electron chi connectivity index (χ0n) is 68.7. The number of esters is 6. The van der Waals surface area contributed by atoms with Crippen molar-refractivity contribution >= 4 is 78.1 Å². The fourth-order valence-corrected chi connectivity index (χ4v) is 12.7. The third-order valence-electron chi connectivity index (χ3n) is 16.5. The zero-order chi connectivity index (χ0) is 86.1. The zero-order valence-corrected chi connectivity index (χ0v) is 68.7. The standard InChI is InChI=1S/C73H108N10O32/c1-34(84)98-33-46-54(108-59-47(77-65(93)113-71(15,16)17)50(52(100-35(2)85)44(104-59)29-74-62(90)110-68(6,7)8)81-31-40(79-80-81)32-99-58(89)39-24-26-41(27-25-39)83(96)97)57(103-38(5)88)61(106-46)109-56-49-43(82(49)67(95)115-73(21,22)23)28-42(76-64(92)112-70(12,13)14)51(56)107-60-48(78-66(94)114-72(18,19)20)55(102-37(4)87)53(101-36(3)86)45(105-60)30-75-63(91)111-69(9,10)11/h24-27,31,42-57,59-61H,28-30,32-33H2,1-23H3,(H,74,90)(H,75,91)(H,76,92)(H,77,93)(H,78,94)/t42-,43+,44-,45+,46+,47+,48+,49+,50+,51+,52+,53+,54+,55+,56+,57+,59+,60+,61-,82?/m0/s1. The molecule has 19 atom stereocenters. The Morgan fingerprint density at radius 2 is 0.896 bits per heavy atom. The highest BCUT2D eigenvalue weighted by Crippen LogP contribution is 2.48. The van der Waals surface area contributed by atoms with E-state index in [9.17, 15) is 67.6 Å². The summed E-state index contributed by atoms with van der Waals surface area (Å²) in [6.07, 6.45) is -29.0. The molecule has 0 bridgehead atoms. The molecule has 42 heteroatoms. The number of aromatic nitrogens is 3.